The van der Waals surface area contributed by atoms with Crippen molar-refractivity contribution in [3.8, 4) is 0 Å². The van der Waals surface area contributed by atoms with E-state index in [1.54, 1.807) is 24.3 Å². The maximum absolute atomic E-state index is 11.3. The van der Waals surface area contributed by atoms with Crippen molar-refractivity contribution in [3.63, 3.8) is 0 Å². The van der Waals surface area contributed by atoms with Crippen molar-refractivity contribution in [3.05, 3.63) is 34.9 Å². The molecule has 86 valence electrons. The van der Waals surface area contributed by atoms with Crippen LogP contribution in [0.15, 0.2) is 24.3 Å². The van der Waals surface area contributed by atoms with Crippen LogP contribution in [0.5, 0.6) is 0 Å². The number of amides is 2. The van der Waals surface area contributed by atoms with E-state index in [9.17, 15) is 9.59 Å². The molecule has 2 amide bonds. The molecule has 5 nitrogen and oxygen atoms in total. The Morgan fingerprint density at radius 3 is 2.44 bits per heavy atom. The van der Waals surface area contributed by atoms with Crippen molar-refractivity contribution in [2.24, 2.45) is 0 Å². The average molecular weight is 243 g/mol. The van der Waals surface area contributed by atoms with Gasteiger partial charge in [0.1, 0.15) is 0 Å². The molecule has 6 heteroatoms. The maximum Gasteiger partial charge on any atom is 0.425 e. The van der Waals surface area contributed by atoms with Crippen molar-refractivity contribution >= 4 is 23.6 Å². The quantitative estimate of drug-likeness (QED) is 0.768. The van der Waals surface area contributed by atoms with E-state index in [0.717, 1.165) is 5.56 Å². The molecule has 0 radical (unpaired) electrons. The van der Waals surface area contributed by atoms with Gasteiger partial charge < -0.3 is 4.74 Å². The lowest BCUT2D eigenvalue weighted by Gasteiger charge is -2.05. The second-order valence-corrected chi connectivity index (χ2v) is 3.40. The van der Waals surface area contributed by atoms with Crippen LogP contribution in [0.1, 0.15) is 5.56 Å². The summed E-state index contributed by atoms with van der Waals surface area (Å²) in [7, 11) is 1.21. The second-order valence-electron chi connectivity index (χ2n) is 2.97. The standard InChI is InChI=1S/C10H11ClN2O3/c1-16-10(15)13-12-9(14)6-7-2-4-8(11)5-3-7/h2-5H,6H2,1H3,(H,12,14)(H,13,15). The maximum atomic E-state index is 11.3. The first kappa shape index (κ1) is 12.3. The predicted octanol–water partition coefficient (Wildman–Crippen LogP) is 1.27. The highest BCUT2D eigenvalue weighted by Gasteiger charge is 2.04. The van der Waals surface area contributed by atoms with Crippen LogP contribution < -0.4 is 10.9 Å². The molecular weight excluding hydrogens is 232 g/mol. The number of nitrogens with one attached hydrogen (secondary N) is 2. The summed E-state index contributed by atoms with van der Waals surface area (Å²) in [6, 6.07) is 6.86. The van der Waals surface area contributed by atoms with Crippen LogP contribution in [0.3, 0.4) is 0 Å². The third-order valence-electron chi connectivity index (χ3n) is 1.77. The van der Waals surface area contributed by atoms with Crippen molar-refractivity contribution in [1.82, 2.24) is 10.9 Å². The van der Waals surface area contributed by atoms with E-state index in [0.29, 0.717) is 5.02 Å². The highest BCUT2D eigenvalue weighted by Crippen LogP contribution is 2.09. The van der Waals surface area contributed by atoms with Crippen LogP contribution in [0.4, 0.5) is 4.79 Å². The largest absolute Gasteiger partial charge is 0.452 e. The van der Waals surface area contributed by atoms with Gasteiger partial charge >= 0.3 is 6.09 Å². The number of halogens is 1. The predicted molar refractivity (Wildman–Crippen MR) is 58.8 cm³/mol. The van der Waals surface area contributed by atoms with Gasteiger partial charge in [-0.25, -0.2) is 10.2 Å². The molecule has 0 fully saturated rings. The van der Waals surface area contributed by atoms with E-state index >= 15 is 0 Å². The normalized spacial score (nSPS) is 9.38. The van der Waals surface area contributed by atoms with Crippen LogP contribution in [0, 0.1) is 0 Å². The molecule has 0 aliphatic heterocycles. The first-order chi connectivity index (χ1) is 7.61. The molecule has 0 aliphatic rings. The third-order valence-corrected chi connectivity index (χ3v) is 2.02. The number of benzene rings is 1. The van der Waals surface area contributed by atoms with Gasteiger partial charge in [0.15, 0.2) is 0 Å². The molecule has 0 aromatic heterocycles. The minimum Gasteiger partial charge on any atom is -0.452 e. The molecule has 0 aliphatic carbocycles. The molecule has 0 unspecified atom stereocenters. The lowest BCUT2D eigenvalue weighted by atomic mass is 10.1. The summed E-state index contributed by atoms with van der Waals surface area (Å²) < 4.78 is 4.28. The Morgan fingerprint density at radius 1 is 1.25 bits per heavy atom. The Morgan fingerprint density at radius 2 is 1.88 bits per heavy atom. The number of hydrogen-bond acceptors (Lipinski definition) is 3. The molecule has 0 spiro atoms. The van der Waals surface area contributed by atoms with Crippen molar-refractivity contribution in [1.29, 1.82) is 0 Å². The van der Waals surface area contributed by atoms with Crippen LogP contribution in [-0.2, 0) is 16.0 Å². The molecule has 1 aromatic rings. The summed E-state index contributed by atoms with van der Waals surface area (Å²) in [4.78, 5) is 22.0. The van der Waals surface area contributed by atoms with Crippen LogP contribution >= 0.6 is 11.6 Å². The molecule has 0 saturated heterocycles. The van der Waals surface area contributed by atoms with Gasteiger partial charge in [-0.15, -0.1) is 0 Å². The van der Waals surface area contributed by atoms with Crippen molar-refractivity contribution in [2.75, 3.05) is 7.11 Å². The number of rotatable bonds is 2. The number of carbonyl (C=O) groups is 2. The molecule has 0 atom stereocenters. The van der Waals surface area contributed by atoms with E-state index in [4.69, 9.17) is 11.6 Å². The van der Waals surface area contributed by atoms with Crippen LogP contribution in [-0.4, -0.2) is 19.1 Å². The Labute approximate surface area is 97.7 Å². The number of hydrogen-bond donors (Lipinski definition) is 2. The zero-order chi connectivity index (χ0) is 12.0. The lowest BCUT2D eigenvalue weighted by Crippen LogP contribution is -2.42. The summed E-state index contributed by atoms with van der Waals surface area (Å²) in [5.41, 5.74) is 5.08. The Bertz CT molecular complexity index is 378. The molecule has 1 aromatic carbocycles. The zero-order valence-electron chi connectivity index (χ0n) is 8.62. The molecular formula is C10H11ClN2O3. The van der Waals surface area contributed by atoms with Gasteiger partial charge in [0, 0.05) is 5.02 Å². The number of carbonyl (C=O) groups excluding carboxylic acids is 2. The fourth-order valence-electron chi connectivity index (χ4n) is 1.00. The fourth-order valence-corrected chi connectivity index (χ4v) is 1.13. The van der Waals surface area contributed by atoms with Gasteiger partial charge in [0.25, 0.3) is 0 Å². The van der Waals surface area contributed by atoms with E-state index < -0.39 is 6.09 Å². The van der Waals surface area contributed by atoms with Gasteiger partial charge in [0.2, 0.25) is 5.91 Å². The lowest BCUT2D eigenvalue weighted by molar-refractivity contribution is -0.121. The fraction of sp³-hybridized carbons (Fsp3) is 0.200. The summed E-state index contributed by atoms with van der Waals surface area (Å²) in [6.45, 7) is 0. The van der Waals surface area contributed by atoms with Crippen LogP contribution in [0.25, 0.3) is 0 Å². The molecule has 0 saturated carbocycles. The topological polar surface area (TPSA) is 67.4 Å². The van der Waals surface area contributed by atoms with Crippen LogP contribution in [0.2, 0.25) is 5.02 Å². The highest BCUT2D eigenvalue weighted by molar-refractivity contribution is 6.30. The Kier molecular flexibility index (Phi) is 4.60. The molecule has 16 heavy (non-hydrogen) atoms. The van der Waals surface area contributed by atoms with Gasteiger partial charge in [-0.3, -0.25) is 10.2 Å². The summed E-state index contributed by atoms with van der Waals surface area (Å²) >= 11 is 5.70. The Hall–Kier alpha value is -1.75. The zero-order valence-corrected chi connectivity index (χ0v) is 9.38. The van der Waals surface area contributed by atoms with E-state index in [-0.39, 0.29) is 12.3 Å². The SMILES string of the molecule is COC(=O)NNC(=O)Cc1ccc(Cl)cc1. The minimum absolute atomic E-state index is 0.154. The monoisotopic (exact) mass is 242 g/mol. The molecule has 1 rings (SSSR count). The number of methoxy groups -OCH3 is 1. The summed E-state index contributed by atoms with van der Waals surface area (Å²) in [5, 5.41) is 0.608. The second kappa shape index (κ2) is 5.97. The van der Waals surface area contributed by atoms with Gasteiger partial charge in [-0.1, -0.05) is 23.7 Å². The summed E-state index contributed by atoms with van der Waals surface area (Å²) in [5.74, 6) is -0.340. The van der Waals surface area contributed by atoms with Gasteiger partial charge in [0.05, 0.1) is 13.5 Å². The molecule has 0 heterocycles. The van der Waals surface area contributed by atoms with Crippen molar-refractivity contribution in [2.45, 2.75) is 6.42 Å². The average Bonchev–Trinajstić information content (AvgIpc) is 2.29. The minimum atomic E-state index is -0.718. The first-order valence-electron chi connectivity index (χ1n) is 4.49. The Balaban J connectivity index is 2.40. The number of ether oxygens (including phenoxy) is 1. The summed E-state index contributed by atoms with van der Waals surface area (Å²) in [6.07, 6.45) is -0.564. The highest BCUT2D eigenvalue weighted by atomic mass is 35.5. The van der Waals surface area contributed by atoms with Gasteiger partial charge in [-0.05, 0) is 17.7 Å². The van der Waals surface area contributed by atoms with E-state index in [1.165, 1.54) is 7.11 Å². The van der Waals surface area contributed by atoms with E-state index in [1.807, 2.05) is 0 Å². The number of hydrazine groups is 1. The third kappa shape index (κ3) is 4.18. The first-order valence-corrected chi connectivity index (χ1v) is 4.87. The van der Waals surface area contributed by atoms with E-state index in [2.05, 4.69) is 15.6 Å². The molecule has 0 bridgehead atoms. The van der Waals surface area contributed by atoms with Crippen molar-refractivity contribution < 1.29 is 14.3 Å². The smallest absolute Gasteiger partial charge is 0.425 e. The van der Waals surface area contributed by atoms with Gasteiger partial charge in [-0.2, -0.15) is 0 Å². The molecule has 2 N–H and O–H groups in total.